The Kier molecular flexibility index (Phi) is 5.71. The third-order valence-electron chi connectivity index (χ3n) is 5.32. The Morgan fingerprint density at radius 1 is 1.09 bits per heavy atom. The molecule has 3 aromatic carbocycles. The largest absolute Gasteiger partial charge is 0.493 e. The van der Waals surface area contributed by atoms with Crippen LogP contribution in [0.4, 0.5) is 10.8 Å². The Morgan fingerprint density at radius 2 is 1.88 bits per heavy atom. The van der Waals surface area contributed by atoms with Gasteiger partial charge < -0.3 is 14.2 Å². The summed E-state index contributed by atoms with van der Waals surface area (Å²) < 4.78 is 17.9. The van der Waals surface area contributed by atoms with E-state index < -0.39 is 0 Å². The van der Waals surface area contributed by atoms with Gasteiger partial charge in [0.05, 0.1) is 23.0 Å². The van der Waals surface area contributed by atoms with Gasteiger partial charge in [-0.25, -0.2) is 4.98 Å². The van der Waals surface area contributed by atoms with E-state index in [2.05, 4.69) is 0 Å². The number of methoxy groups -OCH3 is 1. The van der Waals surface area contributed by atoms with E-state index in [1.807, 2.05) is 67.6 Å². The Balaban J connectivity index is 1.53. The van der Waals surface area contributed by atoms with Gasteiger partial charge in [0.1, 0.15) is 13.2 Å². The zero-order valence-corrected chi connectivity index (χ0v) is 19.1. The van der Waals surface area contributed by atoms with E-state index in [-0.39, 0.29) is 5.91 Å². The zero-order valence-electron chi connectivity index (χ0n) is 18.3. The topological polar surface area (TPSA) is 60.9 Å². The molecule has 0 spiro atoms. The Labute approximate surface area is 195 Å². The molecule has 0 bridgehead atoms. The highest BCUT2D eigenvalue weighted by Gasteiger charge is 2.22. The van der Waals surface area contributed by atoms with Crippen LogP contribution < -0.4 is 19.1 Å². The number of benzene rings is 3. The number of thiazole rings is 1. The Hall–Kier alpha value is -3.84. The van der Waals surface area contributed by atoms with E-state index in [1.165, 1.54) is 11.3 Å². The summed E-state index contributed by atoms with van der Waals surface area (Å²) in [5, 5.41) is 0.625. The Bertz CT molecular complexity index is 1310. The molecule has 1 aromatic heterocycles. The first kappa shape index (κ1) is 21.0. The smallest absolute Gasteiger partial charge is 0.257 e. The SMILES string of the molecule is COc1cc(/C=C/C(=O)N(c2nc3ccccc3s2)c2ccccc2C)cc2c1OCCO2. The first-order valence-electron chi connectivity index (χ1n) is 10.5. The van der Waals surface area contributed by atoms with Crippen molar-refractivity contribution in [2.24, 2.45) is 0 Å². The van der Waals surface area contributed by atoms with Gasteiger partial charge in [0.25, 0.3) is 5.91 Å². The number of fused-ring (bicyclic) bond motifs is 2. The van der Waals surface area contributed by atoms with Crippen LogP contribution in [0.2, 0.25) is 0 Å². The lowest BCUT2D eigenvalue weighted by Gasteiger charge is -2.21. The molecule has 0 saturated heterocycles. The van der Waals surface area contributed by atoms with Gasteiger partial charge in [-0.05, 0) is 54.5 Å². The van der Waals surface area contributed by atoms with Crippen LogP contribution in [0.25, 0.3) is 16.3 Å². The van der Waals surface area contributed by atoms with Gasteiger partial charge in [0, 0.05) is 6.08 Å². The average molecular weight is 459 g/mol. The number of nitrogens with zero attached hydrogens (tertiary/aromatic N) is 2. The standard InChI is InChI=1S/C26H22N2O4S/c1-17-7-3-5-9-20(17)28(26-27-19-8-4-6-10-23(19)33-26)24(29)12-11-18-15-21(30-2)25-22(16-18)31-13-14-32-25/h3-12,15-16H,13-14H2,1-2H3/b12-11+. The monoisotopic (exact) mass is 458 g/mol. The summed E-state index contributed by atoms with van der Waals surface area (Å²) in [7, 11) is 1.58. The summed E-state index contributed by atoms with van der Waals surface area (Å²) in [5.41, 5.74) is 3.42. The number of hydrogen-bond donors (Lipinski definition) is 0. The minimum atomic E-state index is -0.197. The van der Waals surface area contributed by atoms with Crippen LogP contribution in [-0.2, 0) is 4.79 Å². The molecule has 0 N–H and O–H groups in total. The van der Waals surface area contributed by atoms with Crippen molar-refractivity contribution in [3.05, 3.63) is 77.9 Å². The molecule has 6 nitrogen and oxygen atoms in total. The minimum absolute atomic E-state index is 0.197. The van der Waals surface area contributed by atoms with Crippen molar-refractivity contribution >= 4 is 44.4 Å². The maximum Gasteiger partial charge on any atom is 0.257 e. The quantitative estimate of drug-likeness (QED) is 0.356. The number of rotatable bonds is 5. The minimum Gasteiger partial charge on any atom is -0.493 e. The van der Waals surface area contributed by atoms with Gasteiger partial charge >= 0.3 is 0 Å². The molecule has 1 aliphatic heterocycles. The van der Waals surface area contributed by atoms with Gasteiger partial charge in [0.15, 0.2) is 16.6 Å². The lowest BCUT2D eigenvalue weighted by molar-refractivity contribution is -0.113. The fourth-order valence-corrected chi connectivity index (χ4v) is 4.70. The molecule has 1 amide bonds. The Morgan fingerprint density at radius 3 is 2.70 bits per heavy atom. The van der Waals surface area contributed by atoms with E-state index in [1.54, 1.807) is 24.2 Å². The summed E-state index contributed by atoms with van der Waals surface area (Å²) in [6.45, 7) is 2.93. The summed E-state index contributed by atoms with van der Waals surface area (Å²) >= 11 is 1.49. The van der Waals surface area contributed by atoms with Crippen LogP contribution in [0.15, 0.2) is 66.7 Å². The predicted octanol–water partition coefficient (Wildman–Crippen LogP) is 5.76. The van der Waals surface area contributed by atoms with Crippen molar-refractivity contribution < 1.29 is 19.0 Å². The molecule has 166 valence electrons. The highest BCUT2D eigenvalue weighted by atomic mass is 32.1. The molecule has 33 heavy (non-hydrogen) atoms. The van der Waals surface area contributed by atoms with Crippen molar-refractivity contribution in [3.8, 4) is 17.2 Å². The van der Waals surface area contributed by atoms with Crippen LogP contribution in [0.5, 0.6) is 17.2 Å². The van der Waals surface area contributed by atoms with Crippen LogP contribution in [0.1, 0.15) is 11.1 Å². The van der Waals surface area contributed by atoms with Crippen LogP contribution in [0, 0.1) is 6.92 Å². The van der Waals surface area contributed by atoms with Gasteiger partial charge in [-0.2, -0.15) is 0 Å². The van der Waals surface area contributed by atoms with Crippen LogP contribution in [0.3, 0.4) is 0 Å². The lowest BCUT2D eigenvalue weighted by atomic mass is 10.1. The molecule has 0 fully saturated rings. The van der Waals surface area contributed by atoms with E-state index in [9.17, 15) is 4.79 Å². The molecular formula is C26H22N2O4S. The highest BCUT2D eigenvalue weighted by Crippen LogP contribution is 2.41. The van der Waals surface area contributed by atoms with Gasteiger partial charge in [-0.3, -0.25) is 9.69 Å². The molecule has 7 heteroatoms. The van der Waals surface area contributed by atoms with Crippen molar-refractivity contribution in [2.75, 3.05) is 25.2 Å². The van der Waals surface area contributed by atoms with E-state index in [4.69, 9.17) is 19.2 Å². The molecule has 0 atom stereocenters. The van der Waals surface area contributed by atoms with Crippen molar-refractivity contribution in [3.63, 3.8) is 0 Å². The second-order valence-electron chi connectivity index (χ2n) is 7.50. The summed E-state index contributed by atoms with van der Waals surface area (Å²) in [5.74, 6) is 1.57. The van der Waals surface area contributed by atoms with Crippen LogP contribution in [-0.4, -0.2) is 31.2 Å². The lowest BCUT2D eigenvalue weighted by Crippen LogP contribution is -2.24. The molecule has 5 rings (SSSR count). The molecule has 2 heterocycles. The van der Waals surface area contributed by atoms with Gasteiger partial charge in [0.2, 0.25) is 5.75 Å². The number of carbonyl (C=O) groups excluding carboxylic acids is 1. The average Bonchev–Trinajstić information content (AvgIpc) is 3.27. The normalized spacial score (nSPS) is 12.8. The number of carbonyl (C=O) groups is 1. The second-order valence-corrected chi connectivity index (χ2v) is 8.51. The molecule has 1 aliphatic rings. The second kappa shape index (κ2) is 8.96. The van der Waals surface area contributed by atoms with Crippen molar-refractivity contribution in [1.29, 1.82) is 0 Å². The molecule has 0 unspecified atom stereocenters. The highest BCUT2D eigenvalue weighted by molar-refractivity contribution is 7.22. The van der Waals surface area contributed by atoms with Crippen molar-refractivity contribution in [1.82, 2.24) is 4.98 Å². The van der Waals surface area contributed by atoms with Gasteiger partial charge in [-0.15, -0.1) is 0 Å². The van der Waals surface area contributed by atoms with E-state index >= 15 is 0 Å². The summed E-state index contributed by atoms with van der Waals surface area (Å²) in [6.07, 6.45) is 3.30. The number of aryl methyl sites for hydroxylation is 1. The fourth-order valence-electron chi connectivity index (χ4n) is 3.72. The first-order chi connectivity index (χ1) is 16.1. The third kappa shape index (κ3) is 4.15. The predicted molar refractivity (Wildman–Crippen MR) is 131 cm³/mol. The number of hydrogen-bond acceptors (Lipinski definition) is 6. The van der Waals surface area contributed by atoms with E-state index in [0.29, 0.717) is 35.6 Å². The molecule has 0 saturated carbocycles. The van der Waals surface area contributed by atoms with Gasteiger partial charge in [-0.1, -0.05) is 41.7 Å². The molecule has 4 aromatic rings. The number of aromatic nitrogens is 1. The number of amides is 1. The molecule has 0 aliphatic carbocycles. The number of anilines is 2. The summed E-state index contributed by atoms with van der Waals surface area (Å²) in [4.78, 5) is 19.9. The first-order valence-corrected chi connectivity index (χ1v) is 11.4. The third-order valence-corrected chi connectivity index (χ3v) is 6.34. The fraction of sp³-hybridized carbons (Fsp3) is 0.154. The number of ether oxygens (including phenoxy) is 3. The molecular weight excluding hydrogens is 436 g/mol. The zero-order chi connectivity index (χ0) is 22.8. The van der Waals surface area contributed by atoms with Crippen LogP contribution >= 0.6 is 11.3 Å². The van der Waals surface area contributed by atoms with Crippen molar-refractivity contribution in [2.45, 2.75) is 6.92 Å². The number of para-hydroxylation sites is 2. The van der Waals surface area contributed by atoms with E-state index in [0.717, 1.165) is 27.0 Å². The maximum absolute atomic E-state index is 13.5. The maximum atomic E-state index is 13.5. The summed E-state index contributed by atoms with van der Waals surface area (Å²) in [6, 6.07) is 19.3. The molecule has 0 radical (unpaired) electrons.